The lowest BCUT2D eigenvalue weighted by Crippen LogP contribution is -1.96. The Bertz CT molecular complexity index is 431. The first kappa shape index (κ1) is 8.60. The minimum Gasteiger partial charge on any atom is -0.471 e. The van der Waals surface area contributed by atoms with Gasteiger partial charge in [-0.2, -0.15) is 5.21 Å². The molecule has 15 heavy (non-hydrogen) atoms. The number of furan rings is 1. The van der Waals surface area contributed by atoms with E-state index in [0.717, 1.165) is 30.6 Å². The first-order valence-electron chi connectivity index (χ1n) is 4.86. The van der Waals surface area contributed by atoms with Gasteiger partial charge in [-0.1, -0.05) is 0 Å². The monoisotopic (exact) mass is 206 g/mol. The molecule has 0 radical (unpaired) electrons. The van der Waals surface area contributed by atoms with Gasteiger partial charge in [0.2, 0.25) is 5.82 Å². The second-order valence-electron chi connectivity index (χ2n) is 3.48. The summed E-state index contributed by atoms with van der Waals surface area (Å²) >= 11 is 0. The van der Waals surface area contributed by atoms with Crippen molar-refractivity contribution in [1.82, 2.24) is 20.6 Å². The van der Waals surface area contributed by atoms with Crippen molar-refractivity contribution in [2.45, 2.75) is 18.9 Å². The van der Waals surface area contributed by atoms with Crippen molar-refractivity contribution in [3.8, 4) is 11.4 Å². The van der Waals surface area contributed by atoms with Crippen molar-refractivity contribution in [2.24, 2.45) is 0 Å². The van der Waals surface area contributed by atoms with Crippen molar-refractivity contribution in [3.63, 3.8) is 0 Å². The number of tetrazole rings is 1. The molecule has 0 saturated carbocycles. The first-order chi connectivity index (χ1) is 7.45. The molecule has 0 amide bonds. The molecule has 3 rings (SSSR count). The third-order valence-electron chi connectivity index (χ3n) is 2.55. The van der Waals surface area contributed by atoms with Crippen LogP contribution in [-0.2, 0) is 4.74 Å². The zero-order valence-corrected chi connectivity index (χ0v) is 8.01. The Hall–Kier alpha value is -1.69. The number of hydrogen-bond acceptors (Lipinski definition) is 5. The summed E-state index contributed by atoms with van der Waals surface area (Å²) in [6.07, 6.45) is 5.53. The largest absolute Gasteiger partial charge is 0.471 e. The van der Waals surface area contributed by atoms with Gasteiger partial charge in [0.25, 0.3) is 0 Å². The van der Waals surface area contributed by atoms with Crippen LogP contribution in [0.3, 0.4) is 0 Å². The summed E-state index contributed by atoms with van der Waals surface area (Å²) < 4.78 is 10.8. The Morgan fingerprint density at radius 2 is 2.40 bits per heavy atom. The summed E-state index contributed by atoms with van der Waals surface area (Å²) in [7, 11) is 0. The highest BCUT2D eigenvalue weighted by Crippen LogP contribution is 2.34. The molecule has 1 atom stereocenters. The van der Waals surface area contributed by atoms with Crippen LogP contribution in [0.25, 0.3) is 11.4 Å². The molecule has 6 nitrogen and oxygen atoms in total. The van der Waals surface area contributed by atoms with Crippen LogP contribution in [-0.4, -0.2) is 27.2 Å². The summed E-state index contributed by atoms with van der Waals surface area (Å²) in [4.78, 5) is 0. The van der Waals surface area contributed by atoms with E-state index in [4.69, 9.17) is 9.15 Å². The van der Waals surface area contributed by atoms with Crippen LogP contribution >= 0.6 is 0 Å². The van der Waals surface area contributed by atoms with Crippen LogP contribution < -0.4 is 0 Å². The van der Waals surface area contributed by atoms with Crippen molar-refractivity contribution in [3.05, 3.63) is 18.1 Å². The van der Waals surface area contributed by atoms with Crippen molar-refractivity contribution in [1.29, 1.82) is 0 Å². The van der Waals surface area contributed by atoms with Gasteiger partial charge in [-0.25, -0.2) is 0 Å². The van der Waals surface area contributed by atoms with Crippen LogP contribution in [0.5, 0.6) is 0 Å². The number of rotatable bonds is 2. The maximum atomic E-state index is 5.59. The summed E-state index contributed by atoms with van der Waals surface area (Å²) in [6.45, 7) is 0.807. The lowest BCUT2D eigenvalue weighted by molar-refractivity contribution is 0.112. The third-order valence-corrected chi connectivity index (χ3v) is 2.55. The fourth-order valence-corrected chi connectivity index (χ4v) is 1.84. The first-order valence-corrected chi connectivity index (χ1v) is 4.86. The molecule has 78 valence electrons. The molecule has 1 N–H and O–H groups in total. The molecule has 1 aliphatic heterocycles. The second-order valence-corrected chi connectivity index (χ2v) is 3.48. The summed E-state index contributed by atoms with van der Waals surface area (Å²) in [5.74, 6) is 0.550. The molecule has 0 aromatic carbocycles. The predicted octanol–water partition coefficient (Wildman–Crippen LogP) is 1.31. The van der Waals surface area contributed by atoms with Crippen LogP contribution in [0.15, 0.2) is 16.9 Å². The predicted molar refractivity (Wildman–Crippen MR) is 49.8 cm³/mol. The van der Waals surface area contributed by atoms with E-state index in [0.29, 0.717) is 5.82 Å². The standard InChI is InChI=1S/C9H10N4O2/c1-2-8(15-3-1)6-4-14-5-7(6)9-10-12-13-11-9/h4-5,8H,1-3H2,(H,10,11,12,13). The van der Waals surface area contributed by atoms with E-state index in [1.165, 1.54) is 0 Å². The second kappa shape index (κ2) is 3.47. The maximum Gasteiger partial charge on any atom is 0.208 e. The van der Waals surface area contributed by atoms with Gasteiger partial charge in [0.05, 0.1) is 17.9 Å². The molecule has 1 unspecified atom stereocenters. The van der Waals surface area contributed by atoms with Gasteiger partial charge in [0.1, 0.15) is 6.26 Å². The molecule has 0 bridgehead atoms. The Balaban J connectivity index is 1.98. The normalized spacial score (nSPS) is 20.9. The molecule has 6 heteroatoms. The number of aromatic nitrogens is 4. The average Bonchev–Trinajstić information content (AvgIpc) is 3.01. The fraction of sp³-hybridized carbons (Fsp3) is 0.444. The van der Waals surface area contributed by atoms with E-state index in [9.17, 15) is 0 Å². The molecular weight excluding hydrogens is 196 g/mol. The minimum atomic E-state index is 0.109. The Morgan fingerprint density at radius 3 is 3.13 bits per heavy atom. The Labute approximate surface area is 85.6 Å². The van der Waals surface area contributed by atoms with Crippen LogP contribution in [0.4, 0.5) is 0 Å². The zero-order valence-electron chi connectivity index (χ0n) is 8.01. The van der Waals surface area contributed by atoms with Crippen molar-refractivity contribution >= 4 is 0 Å². The van der Waals surface area contributed by atoms with Crippen molar-refractivity contribution in [2.75, 3.05) is 6.61 Å². The van der Waals surface area contributed by atoms with E-state index in [1.807, 2.05) is 0 Å². The lowest BCUT2D eigenvalue weighted by atomic mass is 10.1. The fourth-order valence-electron chi connectivity index (χ4n) is 1.84. The van der Waals surface area contributed by atoms with Crippen LogP contribution in [0, 0.1) is 0 Å². The quantitative estimate of drug-likeness (QED) is 0.801. The van der Waals surface area contributed by atoms with Gasteiger partial charge in [-0.3, -0.25) is 0 Å². The third kappa shape index (κ3) is 1.42. The molecule has 1 fully saturated rings. The number of ether oxygens (including phenoxy) is 1. The van der Waals surface area contributed by atoms with Gasteiger partial charge in [0.15, 0.2) is 0 Å². The Morgan fingerprint density at radius 1 is 1.40 bits per heavy atom. The average molecular weight is 206 g/mol. The highest BCUT2D eigenvalue weighted by molar-refractivity contribution is 5.58. The molecule has 2 aromatic heterocycles. The van der Waals surface area contributed by atoms with Crippen molar-refractivity contribution < 1.29 is 9.15 Å². The van der Waals surface area contributed by atoms with E-state index in [2.05, 4.69) is 20.6 Å². The van der Waals surface area contributed by atoms with Gasteiger partial charge in [0, 0.05) is 12.2 Å². The lowest BCUT2D eigenvalue weighted by Gasteiger charge is -2.06. The topological polar surface area (TPSA) is 76.8 Å². The molecular formula is C9H10N4O2. The number of hydrogen-bond donors (Lipinski definition) is 1. The van der Waals surface area contributed by atoms with E-state index >= 15 is 0 Å². The molecule has 2 aromatic rings. The van der Waals surface area contributed by atoms with Gasteiger partial charge < -0.3 is 9.15 Å². The molecule has 1 saturated heterocycles. The van der Waals surface area contributed by atoms with Crippen LogP contribution in [0.1, 0.15) is 24.5 Å². The maximum absolute atomic E-state index is 5.59. The van der Waals surface area contributed by atoms with E-state index in [1.54, 1.807) is 12.5 Å². The zero-order chi connectivity index (χ0) is 10.1. The molecule has 0 aliphatic carbocycles. The molecule has 3 heterocycles. The summed E-state index contributed by atoms with van der Waals surface area (Å²) in [5, 5.41) is 13.8. The summed E-state index contributed by atoms with van der Waals surface area (Å²) in [6, 6.07) is 0. The van der Waals surface area contributed by atoms with E-state index < -0.39 is 0 Å². The Kier molecular flexibility index (Phi) is 1.99. The SMILES string of the molecule is c1occ(C2CCCO2)c1-c1nn[nH]n1. The van der Waals surface area contributed by atoms with Gasteiger partial charge in [-0.05, 0) is 18.1 Å². The van der Waals surface area contributed by atoms with Crippen LogP contribution in [0.2, 0.25) is 0 Å². The smallest absolute Gasteiger partial charge is 0.208 e. The highest BCUT2D eigenvalue weighted by atomic mass is 16.5. The van der Waals surface area contributed by atoms with E-state index in [-0.39, 0.29) is 6.10 Å². The highest BCUT2D eigenvalue weighted by Gasteiger charge is 2.24. The number of H-pyrrole nitrogens is 1. The molecule has 1 aliphatic rings. The summed E-state index contributed by atoms with van der Waals surface area (Å²) in [5.41, 5.74) is 1.87. The number of aromatic amines is 1. The molecule has 0 spiro atoms. The number of nitrogens with one attached hydrogen (secondary N) is 1. The number of nitrogens with zero attached hydrogens (tertiary/aromatic N) is 3. The van der Waals surface area contributed by atoms with Gasteiger partial charge in [-0.15, -0.1) is 10.2 Å². The minimum absolute atomic E-state index is 0.109. The van der Waals surface area contributed by atoms with Gasteiger partial charge >= 0.3 is 0 Å².